The first-order chi connectivity index (χ1) is 8.78. The lowest BCUT2D eigenvalue weighted by atomic mass is 9.88. The SMILES string of the molecule is CN(C)CCOC(=O)c1ccc(CC(C)(C)C)cc1. The number of carbonyl (C=O) groups is 1. The molecule has 0 aliphatic carbocycles. The van der Waals surface area contributed by atoms with Crippen LogP contribution in [0.1, 0.15) is 36.7 Å². The van der Waals surface area contributed by atoms with E-state index in [0.717, 1.165) is 13.0 Å². The normalized spacial score (nSPS) is 11.7. The van der Waals surface area contributed by atoms with Crippen LogP contribution < -0.4 is 0 Å². The lowest BCUT2D eigenvalue weighted by molar-refractivity contribution is 0.0482. The predicted octanol–water partition coefficient (Wildman–Crippen LogP) is 2.99. The van der Waals surface area contributed by atoms with Gasteiger partial charge in [-0.25, -0.2) is 4.79 Å². The lowest BCUT2D eigenvalue weighted by Crippen LogP contribution is -2.20. The molecule has 0 bridgehead atoms. The van der Waals surface area contributed by atoms with Crippen LogP contribution in [-0.4, -0.2) is 38.1 Å². The molecule has 3 heteroatoms. The molecule has 0 fully saturated rings. The molecule has 106 valence electrons. The Morgan fingerprint density at radius 2 is 1.74 bits per heavy atom. The summed E-state index contributed by atoms with van der Waals surface area (Å²) in [7, 11) is 3.91. The first-order valence-electron chi connectivity index (χ1n) is 6.69. The van der Waals surface area contributed by atoms with Gasteiger partial charge in [0.15, 0.2) is 0 Å². The number of rotatable bonds is 5. The van der Waals surface area contributed by atoms with Crippen molar-refractivity contribution in [1.29, 1.82) is 0 Å². The lowest BCUT2D eigenvalue weighted by Gasteiger charge is -2.18. The van der Waals surface area contributed by atoms with Crippen molar-refractivity contribution in [2.24, 2.45) is 5.41 Å². The van der Waals surface area contributed by atoms with E-state index in [-0.39, 0.29) is 11.4 Å². The number of likely N-dealkylation sites (N-methyl/N-ethyl adjacent to an activating group) is 1. The molecule has 0 aromatic heterocycles. The summed E-state index contributed by atoms with van der Waals surface area (Å²) >= 11 is 0. The van der Waals surface area contributed by atoms with Gasteiger partial charge in [0.2, 0.25) is 0 Å². The van der Waals surface area contributed by atoms with Crippen molar-refractivity contribution in [3.05, 3.63) is 35.4 Å². The van der Waals surface area contributed by atoms with Crippen molar-refractivity contribution in [3.63, 3.8) is 0 Å². The molecule has 0 saturated heterocycles. The van der Waals surface area contributed by atoms with Crippen LogP contribution in [0.5, 0.6) is 0 Å². The van der Waals surface area contributed by atoms with Crippen LogP contribution in [0.4, 0.5) is 0 Å². The molecule has 0 heterocycles. The molecule has 0 N–H and O–H groups in total. The Kier molecular flexibility index (Phi) is 5.55. The molecular formula is C16H25NO2. The highest BCUT2D eigenvalue weighted by atomic mass is 16.5. The van der Waals surface area contributed by atoms with Crippen LogP contribution in [0.2, 0.25) is 0 Å². The van der Waals surface area contributed by atoms with E-state index in [0.29, 0.717) is 12.2 Å². The van der Waals surface area contributed by atoms with Crippen molar-refractivity contribution in [1.82, 2.24) is 4.90 Å². The fourth-order valence-electron chi connectivity index (χ4n) is 1.78. The van der Waals surface area contributed by atoms with E-state index in [4.69, 9.17) is 4.74 Å². The van der Waals surface area contributed by atoms with E-state index in [1.165, 1.54) is 5.56 Å². The van der Waals surface area contributed by atoms with Crippen LogP contribution in [0.25, 0.3) is 0 Å². The molecule has 1 aromatic carbocycles. The van der Waals surface area contributed by atoms with Gasteiger partial charge in [-0.1, -0.05) is 32.9 Å². The monoisotopic (exact) mass is 263 g/mol. The van der Waals surface area contributed by atoms with E-state index >= 15 is 0 Å². The third-order valence-electron chi connectivity index (χ3n) is 2.70. The molecule has 0 amide bonds. The summed E-state index contributed by atoms with van der Waals surface area (Å²) in [6.45, 7) is 7.78. The van der Waals surface area contributed by atoms with Crippen LogP contribution in [0.3, 0.4) is 0 Å². The van der Waals surface area contributed by atoms with Crippen LogP contribution in [-0.2, 0) is 11.2 Å². The Balaban J connectivity index is 2.53. The number of hydrogen-bond donors (Lipinski definition) is 0. The average molecular weight is 263 g/mol. The maximum Gasteiger partial charge on any atom is 0.338 e. The number of benzene rings is 1. The highest BCUT2D eigenvalue weighted by Crippen LogP contribution is 2.20. The van der Waals surface area contributed by atoms with Crippen molar-refractivity contribution in [2.45, 2.75) is 27.2 Å². The third-order valence-corrected chi connectivity index (χ3v) is 2.70. The predicted molar refractivity (Wildman–Crippen MR) is 78.4 cm³/mol. The van der Waals surface area contributed by atoms with Gasteiger partial charge in [-0.2, -0.15) is 0 Å². The largest absolute Gasteiger partial charge is 0.461 e. The van der Waals surface area contributed by atoms with Crippen molar-refractivity contribution >= 4 is 5.97 Å². The molecule has 0 aliphatic rings. The average Bonchev–Trinajstić information content (AvgIpc) is 2.27. The molecule has 0 spiro atoms. The fraction of sp³-hybridized carbons (Fsp3) is 0.562. The molecule has 0 atom stereocenters. The number of ether oxygens (including phenoxy) is 1. The van der Waals surface area contributed by atoms with Gasteiger partial charge < -0.3 is 9.64 Å². The summed E-state index contributed by atoms with van der Waals surface area (Å²) in [5.74, 6) is -0.246. The van der Waals surface area contributed by atoms with E-state index in [9.17, 15) is 4.79 Å². The molecular weight excluding hydrogens is 238 g/mol. The highest BCUT2D eigenvalue weighted by molar-refractivity contribution is 5.89. The summed E-state index contributed by atoms with van der Waals surface area (Å²) in [5, 5.41) is 0. The number of carbonyl (C=O) groups excluding carboxylic acids is 1. The second-order valence-corrected chi connectivity index (χ2v) is 6.37. The van der Waals surface area contributed by atoms with Gasteiger partial charge in [-0.15, -0.1) is 0 Å². The van der Waals surface area contributed by atoms with Crippen LogP contribution in [0.15, 0.2) is 24.3 Å². The van der Waals surface area contributed by atoms with Gasteiger partial charge in [-0.05, 0) is 43.6 Å². The molecule has 0 aliphatic heterocycles. The summed E-state index contributed by atoms with van der Waals surface area (Å²) in [6, 6.07) is 7.71. The maximum atomic E-state index is 11.8. The first-order valence-corrected chi connectivity index (χ1v) is 6.69. The zero-order valence-corrected chi connectivity index (χ0v) is 12.7. The smallest absolute Gasteiger partial charge is 0.338 e. The van der Waals surface area contributed by atoms with Crippen LogP contribution >= 0.6 is 0 Å². The van der Waals surface area contributed by atoms with E-state index in [1.54, 1.807) is 0 Å². The quantitative estimate of drug-likeness (QED) is 0.765. The first kappa shape index (κ1) is 15.7. The third kappa shape index (κ3) is 6.39. The van der Waals surface area contributed by atoms with E-state index < -0.39 is 0 Å². The second kappa shape index (κ2) is 6.71. The number of nitrogens with zero attached hydrogens (tertiary/aromatic N) is 1. The molecule has 1 aromatic rings. The van der Waals surface area contributed by atoms with Gasteiger partial charge in [0.1, 0.15) is 6.61 Å². The van der Waals surface area contributed by atoms with Crippen molar-refractivity contribution in [3.8, 4) is 0 Å². The minimum absolute atomic E-state index is 0.246. The molecule has 19 heavy (non-hydrogen) atoms. The summed E-state index contributed by atoms with van der Waals surface area (Å²) < 4.78 is 5.20. The summed E-state index contributed by atoms with van der Waals surface area (Å²) in [6.07, 6.45) is 1.00. The Hall–Kier alpha value is -1.35. The van der Waals surface area contributed by atoms with Gasteiger partial charge in [0, 0.05) is 6.54 Å². The standard InChI is InChI=1S/C16H25NO2/c1-16(2,3)12-13-6-8-14(9-7-13)15(18)19-11-10-17(4)5/h6-9H,10-12H2,1-5H3. The maximum absolute atomic E-state index is 11.8. The van der Waals surface area contributed by atoms with Gasteiger partial charge in [-0.3, -0.25) is 0 Å². The molecule has 3 nitrogen and oxygen atoms in total. The Labute approximate surface area is 116 Å². The Morgan fingerprint density at radius 3 is 2.21 bits per heavy atom. The van der Waals surface area contributed by atoms with E-state index in [1.807, 2.05) is 43.3 Å². The van der Waals surface area contributed by atoms with Gasteiger partial charge >= 0.3 is 5.97 Å². The number of hydrogen-bond acceptors (Lipinski definition) is 3. The van der Waals surface area contributed by atoms with E-state index in [2.05, 4.69) is 20.8 Å². The van der Waals surface area contributed by atoms with Gasteiger partial charge in [0.25, 0.3) is 0 Å². The van der Waals surface area contributed by atoms with Crippen LogP contribution in [0, 0.1) is 5.41 Å². The van der Waals surface area contributed by atoms with Gasteiger partial charge in [0.05, 0.1) is 5.56 Å². The Bertz CT molecular complexity index is 402. The highest BCUT2D eigenvalue weighted by Gasteiger charge is 2.12. The zero-order valence-electron chi connectivity index (χ0n) is 12.7. The fourth-order valence-corrected chi connectivity index (χ4v) is 1.78. The van der Waals surface area contributed by atoms with Crippen molar-refractivity contribution < 1.29 is 9.53 Å². The Morgan fingerprint density at radius 1 is 1.16 bits per heavy atom. The molecule has 1 rings (SSSR count). The second-order valence-electron chi connectivity index (χ2n) is 6.37. The molecule has 0 unspecified atom stereocenters. The van der Waals surface area contributed by atoms with Crippen molar-refractivity contribution in [2.75, 3.05) is 27.2 Å². The molecule has 0 radical (unpaired) electrons. The minimum atomic E-state index is -0.246. The minimum Gasteiger partial charge on any atom is -0.461 e. The topological polar surface area (TPSA) is 29.5 Å². The zero-order chi connectivity index (χ0) is 14.5. The number of esters is 1. The summed E-state index contributed by atoms with van der Waals surface area (Å²) in [4.78, 5) is 13.8. The molecule has 0 saturated carbocycles. The summed E-state index contributed by atoms with van der Waals surface area (Å²) in [5.41, 5.74) is 2.13.